The zero-order valence-corrected chi connectivity index (χ0v) is 18.7. The van der Waals surface area contributed by atoms with E-state index in [2.05, 4.69) is 10.6 Å². The van der Waals surface area contributed by atoms with Crippen LogP contribution in [0.4, 0.5) is 9.59 Å². The minimum atomic E-state index is -0.550. The summed E-state index contributed by atoms with van der Waals surface area (Å²) in [5.41, 5.74) is 0.577. The van der Waals surface area contributed by atoms with Gasteiger partial charge in [-0.1, -0.05) is 65.0 Å². The number of nitrogens with zero attached hydrogens (tertiary/aromatic N) is 1. The predicted octanol–water partition coefficient (Wildman–Crippen LogP) is 3.73. The van der Waals surface area contributed by atoms with E-state index in [-0.39, 0.29) is 41.9 Å². The first-order valence-corrected chi connectivity index (χ1v) is 10.6. The standard InChI is InChI=1S/C23H35N3O4/c1-16(2)19(27)20(23(3,4)5)25-21(28)24-18-11-13-26(14-12-18)22(29)30-15-17-9-7-6-8-10-17/h6-10,16,18,20H,11-15H2,1-5H3,(H2,24,25,28). The lowest BCUT2D eigenvalue weighted by Gasteiger charge is -2.34. The molecule has 30 heavy (non-hydrogen) atoms. The van der Waals surface area contributed by atoms with E-state index in [1.165, 1.54) is 0 Å². The van der Waals surface area contributed by atoms with Gasteiger partial charge in [0.15, 0.2) is 5.78 Å². The zero-order valence-electron chi connectivity index (χ0n) is 18.7. The van der Waals surface area contributed by atoms with E-state index in [1.807, 2.05) is 65.0 Å². The number of Topliss-reactive ketones (excluding diaryl/α,β-unsaturated/α-hetero) is 1. The van der Waals surface area contributed by atoms with Crippen LogP contribution in [0.3, 0.4) is 0 Å². The highest BCUT2D eigenvalue weighted by molar-refractivity contribution is 5.90. The molecule has 7 heteroatoms. The minimum Gasteiger partial charge on any atom is -0.445 e. The van der Waals surface area contributed by atoms with Crippen LogP contribution in [0, 0.1) is 11.3 Å². The maximum absolute atomic E-state index is 12.5. The number of piperidine rings is 1. The first kappa shape index (κ1) is 23.7. The molecule has 2 N–H and O–H groups in total. The van der Waals surface area contributed by atoms with Gasteiger partial charge in [0.25, 0.3) is 0 Å². The molecule has 1 heterocycles. The zero-order chi connectivity index (χ0) is 22.3. The van der Waals surface area contributed by atoms with Gasteiger partial charge in [-0.3, -0.25) is 4.79 Å². The van der Waals surface area contributed by atoms with Crippen LogP contribution in [-0.2, 0) is 16.1 Å². The van der Waals surface area contributed by atoms with Gasteiger partial charge in [-0.2, -0.15) is 0 Å². The molecule has 0 spiro atoms. The third-order valence-corrected chi connectivity index (χ3v) is 5.29. The lowest BCUT2D eigenvalue weighted by molar-refractivity contribution is -0.126. The van der Waals surface area contributed by atoms with Crippen molar-refractivity contribution in [2.24, 2.45) is 11.3 Å². The van der Waals surface area contributed by atoms with Crippen molar-refractivity contribution >= 4 is 17.9 Å². The molecule has 1 unspecified atom stereocenters. The molecule has 1 aliphatic heterocycles. The van der Waals surface area contributed by atoms with Crippen molar-refractivity contribution in [3.05, 3.63) is 35.9 Å². The third-order valence-electron chi connectivity index (χ3n) is 5.29. The van der Waals surface area contributed by atoms with E-state index in [0.29, 0.717) is 25.9 Å². The largest absolute Gasteiger partial charge is 0.445 e. The Morgan fingerprint density at radius 2 is 1.70 bits per heavy atom. The maximum atomic E-state index is 12.5. The summed E-state index contributed by atoms with van der Waals surface area (Å²) < 4.78 is 5.37. The average molecular weight is 418 g/mol. The number of carbonyl (C=O) groups excluding carboxylic acids is 3. The number of nitrogens with one attached hydrogen (secondary N) is 2. The fourth-order valence-electron chi connectivity index (χ4n) is 3.42. The number of rotatable bonds is 6. The second kappa shape index (κ2) is 10.5. The van der Waals surface area contributed by atoms with E-state index in [4.69, 9.17) is 4.74 Å². The van der Waals surface area contributed by atoms with Crippen LogP contribution < -0.4 is 10.6 Å². The maximum Gasteiger partial charge on any atom is 0.410 e. The summed E-state index contributed by atoms with van der Waals surface area (Å²) in [7, 11) is 0. The lowest BCUT2D eigenvalue weighted by Crippen LogP contribution is -2.56. The van der Waals surface area contributed by atoms with E-state index < -0.39 is 6.04 Å². The molecule has 0 aromatic heterocycles. The van der Waals surface area contributed by atoms with Gasteiger partial charge in [-0.25, -0.2) is 9.59 Å². The Hall–Kier alpha value is -2.57. The first-order chi connectivity index (χ1) is 14.1. The second-order valence-corrected chi connectivity index (χ2v) is 9.28. The SMILES string of the molecule is CC(C)C(=O)C(NC(=O)NC1CCN(C(=O)OCc2ccccc2)CC1)C(C)(C)C. The van der Waals surface area contributed by atoms with Crippen molar-refractivity contribution in [3.8, 4) is 0 Å². The molecule has 0 radical (unpaired) electrons. The van der Waals surface area contributed by atoms with Crippen LogP contribution >= 0.6 is 0 Å². The highest BCUT2D eigenvalue weighted by Gasteiger charge is 2.34. The molecule has 3 amide bonds. The number of ether oxygens (including phenoxy) is 1. The summed E-state index contributed by atoms with van der Waals surface area (Å²) in [6, 6.07) is 8.63. The van der Waals surface area contributed by atoms with Crippen molar-refractivity contribution in [3.63, 3.8) is 0 Å². The van der Waals surface area contributed by atoms with Crippen molar-refractivity contribution in [1.29, 1.82) is 0 Å². The Balaban J connectivity index is 1.78. The molecule has 1 atom stereocenters. The fraction of sp³-hybridized carbons (Fsp3) is 0.609. The summed E-state index contributed by atoms with van der Waals surface area (Å²) in [5.74, 6) is -0.131. The van der Waals surface area contributed by atoms with Crippen LogP contribution in [0.25, 0.3) is 0 Å². The fourth-order valence-corrected chi connectivity index (χ4v) is 3.42. The highest BCUT2D eigenvalue weighted by atomic mass is 16.6. The number of carbonyl (C=O) groups is 3. The van der Waals surface area contributed by atoms with E-state index >= 15 is 0 Å². The average Bonchev–Trinajstić information content (AvgIpc) is 2.70. The summed E-state index contributed by atoms with van der Waals surface area (Å²) in [6.07, 6.45) is 0.954. The lowest BCUT2D eigenvalue weighted by atomic mass is 9.81. The summed E-state index contributed by atoms with van der Waals surface area (Å²) in [6.45, 7) is 10.8. The molecular weight excluding hydrogens is 382 g/mol. The molecule has 1 aromatic rings. The van der Waals surface area contributed by atoms with Crippen LogP contribution in [0.5, 0.6) is 0 Å². The monoisotopic (exact) mass is 417 g/mol. The quantitative estimate of drug-likeness (QED) is 0.738. The van der Waals surface area contributed by atoms with Gasteiger partial charge in [-0.15, -0.1) is 0 Å². The van der Waals surface area contributed by atoms with Crippen molar-refractivity contribution < 1.29 is 19.1 Å². The molecule has 1 aromatic carbocycles. The Labute approximate surface area is 179 Å². The normalized spacial score (nSPS) is 16.1. The van der Waals surface area contributed by atoms with Crippen molar-refractivity contribution in [1.82, 2.24) is 15.5 Å². The van der Waals surface area contributed by atoms with Gasteiger partial charge in [0.05, 0.1) is 6.04 Å². The Morgan fingerprint density at radius 1 is 1.10 bits per heavy atom. The smallest absolute Gasteiger partial charge is 0.410 e. The molecule has 0 saturated carbocycles. The first-order valence-electron chi connectivity index (χ1n) is 10.6. The van der Waals surface area contributed by atoms with E-state index in [1.54, 1.807) is 4.90 Å². The Bertz CT molecular complexity index is 720. The van der Waals surface area contributed by atoms with Crippen LogP contribution in [0.1, 0.15) is 53.0 Å². The van der Waals surface area contributed by atoms with E-state index in [0.717, 1.165) is 5.56 Å². The van der Waals surface area contributed by atoms with Gasteiger partial charge in [0, 0.05) is 25.0 Å². The molecule has 0 aliphatic carbocycles. The van der Waals surface area contributed by atoms with Crippen molar-refractivity contribution in [2.45, 2.75) is 66.2 Å². The number of amides is 3. The number of ketones is 1. The number of benzene rings is 1. The van der Waals surface area contributed by atoms with Crippen LogP contribution in [0.2, 0.25) is 0 Å². The van der Waals surface area contributed by atoms with Gasteiger partial charge >= 0.3 is 12.1 Å². The van der Waals surface area contributed by atoms with Gasteiger partial charge in [-0.05, 0) is 23.8 Å². The topological polar surface area (TPSA) is 87.7 Å². The molecule has 1 aliphatic rings. The van der Waals surface area contributed by atoms with Gasteiger partial charge in [0.2, 0.25) is 0 Å². The molecule has 166 valence electrons. The molecule has 1 saturated heterocycles. The molecule has 0 bridgehead atoms. The Morgan fingerprint density at radius 3 is 2.23 bits per heavy atom. The predicted molar refractivity (Wildman–Crippen MR) is 116 cm³/mol. The highest BCUT2D eigenvalue weighted by Crippen LogP contribution is 2.22. The molecule has 2 rings (SSSR count). The summed E-state index contributed by atoms with van der Waals surface area (Å²) in [5, 5.41) is 5.80. The van der Waals surface area contributed by atoms with Gasteiger partial charge < -0.3 is 20.3 Å². The minimum absolute atomic E-state index is 0.0219. The van der Waals surface area contributed by atoms with Crippen molar-refractivity contribution in [2.75, 3.05) is 13.1 Å². The molecule has 7 nitrogen and oxygen atoms in total. The number of hydrogen-bond donors (Lipinski definition) is 2. The Kier molecular flexibility index (Phi) is 8.26. The summed E-state index contributed by atoms with van der Waals surface area (Å²) in [4.78, 5) is 38.9. The second-order valence-electron chi connectivity index (χ2n) is 9.28. The number of likely N-dealkylation sites (tertiary alicyclic amines) is 1. The molecule has 1 fully saturated rings. The number of urea groups is 1. The van der Waals surface area contributed by atoms with E-state index in [9.17, 15) is 14.4 Å². The third kappa shape index (κ3) is 7.04. The van der Waals surface area contributed by atoms with Gasteiger partial charge in [0.1, 0.15) is 6.61 Å². The van der Waals surface area contributed by atoms with Crippen LogP contribution in [-0.4, -0.2) is 48.0 Å². The molecular formula is C23H35N3O4. The summed E-state index contributed by atoms with van der Waals surface area (Å²) >= 11 is 0. The van der Waals surface area contributed by atoms with Crippen LogP contribution in [0.15, 0.2) is 30.3 Å². The number of hydrogen-bond acceptors (Lipinski definition) is 4.